The highest BCUT2D eigenvalue weighted by atomic mass is 16.7. The van der Waals surface area contributed by atoms with Crippen LogP contribution in [0.2, 0.25) is 0 Å². The second-order valence-corrected chi connectivity index (χ2v) is 7.39. The van der Waals surface area contributed by atoms with E-state index in [-0.39, 0.29) is 16.8 Å². The largest absolute Gasteiger partial charge is 0.469 e. The number of esters is 2. The van der Waals surface area contributed by atoms with Gasteiger partial charge in [0.25, 0.3) is 0 Å². The Morgan fingerprint density at radius 2 is 2.00 bits per heavy atom. The summed E-state index contributed by atoms with van der Waals surface area (Å²) in [6.07, 6.45) is 3.98. The van der Waals surface area contributed by atoms with E-state index in [0.29, 0.717) is 17.9 Å². The number of carbonyl (C=O) groups excluding carboxylic acids is 2. The van der Waals surface area contributed by atoms with E-state index in [9.17, 15) is 9.59 Å². The lowest BCUT2D eigenvalue weighted by atomic mass is 9.50. The summed E-state index contributed by atoms with van der Waals surface area (Å²) in [5.41, 5.74) is 0.200. The lowest BCUT2D eigenvalue weighted by Gasteiger charge is -2.56. The molecule has 5 unspecified atom stereocenters. The van der Waals surface area contributed by atoms with Crippen molar-refractivity contribution in [2.45, 2.75) is 45.8 Å². The van der Waals surface area contributed by atoms with E-state index in [4.69, 9.17) is 14.2 Å². The first-order chi connectivity index (χ1) is 10.2. The van der Waals surface area contributed by atoms with Gasteiger partial charge in [0, 0.05) is 25.2 Å². The minimum Gasteiger partial charge on any atom is -0.469 e. The van der Waals surface area contributed by atoms with Crippen LogP contribution < -0.4 is 0 Å². The maximum atomic E-state index is 12.6. The third-order valence-electron chi connectivity index (χ3n) is 6.78. The van der Waals surface area contributed by atoms with Crippen LogP contribution in [0.4, 0.5) is 0 Å². The molecule has 0 bridgehead atoms. The van der Waals surface area contributed by atoms with Gasteiger partial charge in [0.2, 0.25) is 5.79 Å². The molecule has 122 valence electrons. The van der Waals surface area contributed by atoms with Gasteiger partial charge in [-0.15, -0.1) is 0 Å². The molecule has 22 heavy (non-hydrogen) atoms. The Hall–Kier alpha value is -1.36. The zero-order valence-corrected chi connectivity index (χ0v) is 13.9. The summed E-state index contributed by atoms with van der Waals surface area (Å²) in [4.78, 5) is 24.5. The quantitative estimate of drug-likeness (QED) is 0.733. The maximum Gasteiger partial charge on any atom is 0.333 e. The molecular formula is C17H24O5. The third-order valence-corrected chi connectivity index (χ3v) is 6.78. The van der Waals surface area contributed by atoms with E-state index in [1.807, 2.05) is 0 Å². The summed E-state index contributed by atoms with van der Waals surface area (Å²) in [5, 5.41) is 0. The van der Waals surface area contributed by atoms with Gasteiger partial charge in [0.05, 0.1) is 13.0 Å². The fourth-order valence-corrected chi connectivity index (χ4v) is 5.03. The van der Waals surface area contributed by atoms with E-state index in [2.05, 4.69) is 20.8 Å². The van der Waals surface area contributed by atoms with Crippen molar-refractivity contribution in [2.75, 3.05) is 14.2 Å². The van der Waals surface area contributed by atoms with Crippen molar-refractivity contribution in [3.8, 4) is 0 Å². The lowest BCUT2D eigenvalue weighted by molar-refractivity contribution is -0.235. The van der Waals surface area contributed by atoms with Crippen molar-refractivity contribution in [3.05, 3.63) is 11.6 Å². The second-order valence-electron chi connectivity index (χ2n) is 7.39. The summed E-state index contributed by atoms with van der Waals surface area (Å²) in [6.45, 7) is 6.53. The molecular weight excluding hydrogens is 284 g/mol. The standard InChI is InChI=1S/C17H24O5/c1-10-6-7-15(2)13(14(19)20-4)11-8-12(18)22-17(11,21-5)9-16(10,15)3/h8,10,13H,6-7,9H2,1-5H3. The molecule has 0 aromatic carbocycles. The Bertz CT molecular complexity index is 567. The number of hydrogen-bond acceptors (Lipinski definition) is 5. The SMILES string of the molecule is COC(=O)C1C2=CC(=O)OC2(OC)CC2(C)C(C)CCC12C. The Morgan fingerprint density at radius 3 is 2.59 bits per heavy atom. The van der Waals surface area contributed by atoms with Gasteiger partial charge in [-0.3, -0.25) is 4.79 Å². The van der Waals surface area contributed by atoms with Crippen LogP contribution in [0.3, 0.4) is 0 Å². The van der Waals surface area contributed by atoms with Gasteiger partial charge < -0.3 is 14.2 Å². The van der Waals surface area contributed by atoms with Gasteiger partial charge in [0.1, 0.15) is 0 Å². The second kappa shape index (κ2) is 4.57. The molecule has 0 amide bonds. The summed E-state index contributed by atoms with van der Waals surface area (Å²) < 4.78 is 16.3. The maximum absolute atomic E-state index is 12.6. The molecule has 1 heterocycles. The monoisotopic (exact) mass is 308 g/mol. The molecule has 0 aromatic rings. The van der Waals surface area contributed by atoms with Gasteiger partial charge in [-0.2, -0.15) is 0 Å². The molecule has 5 atom stereocenters. The van der Waals surface area contributed by atoms with Crippen molar-refractivity contribution in [3.63, 3.8) is 0 Å². The van der Waals surface area contributed by atoms with E-state index < -0.39 is 17.7 Å². The Balaban J connectivity index is 2.21. The molecule has 5 heteroatoms. The Morgan fingerprint density at radius 1 is 1.32 bits per heavy atom. The smallest absolute Gasteiger partial charge is 0.333 e. The zero-order valence-electron chi connectivity index (χ0n) is 13.9. The first kappa shape index (κ1) is 15.5. The average molecular weight is 308 g/mol. The number of carbonyl (C=O) groups is 2. The summed E-state index contributed by atoms with van der Waals surface area (Å²) in [5.74, 6) is -1.97. The number of rotatable bonds is 2. The molecule has 0 saturated heterocycles. The highest BCUT2D eigenvalue weighted by Gasteiger charge is 2.70. The van der Waals surface area contributed by atoms with Gasteiger partial charge in [0.15, 0.2) is 0 Å². The van der Waals surface area contributed by atoms with Crippen molar-refractivity contribution in [2.24, 2.45) is 22.7 Å². The number of methoxy groups -OCH3 is 2. The molecule has 0 N–H and O–H groups in total. The number of hydrogen-bond donors (Lipinski definition) is 0. The Labute approximate surface area is 131 Å². The van der Waals surface area contributed by atoms with Gasteiger partial charge >= 0.3 is 11.9 Å². The summed E-state index contributed by atoms with van der Waals surface area (Å²) >= 11 is 0. The average Bonchev–Trinajstić information content (AvgIpc) is 2.91. The molecule has 0 radical (unpaired) electrons. The van der Waals surface area contributed by atoms with Crippen LogP contribution in [0.1, 0.15) is 40.0 Å². The Kier molecular flexibility index (Phi) is 3.23. The van der Waals surface area contributed by atoms with E-state index in [1.165, 1.54) is 20.3 Å². The summed E-state index contributed by atoms with van der Waals surface area (Å²) in [6, 6.07) is 0. The molecule has 0 aromatic heterocycles. The fraction of sp³-hybridized carbons (Fsp3) is 0.765. The van der Waals surface area contributed by atoms with Crippen LogP contribution in [-0.4, -0.2) is 31.9 Å². The van der Waals surface area contributed by atoms with Crippen molar-refractivity contribution < 1.29 is 23.8 Å². The van der Waals surface area contributed by atoms with E-state index in [0.717, 1.165) is 12.8 Å². The zero-order chi connectivity index (χ0) is 16.3. The molecule has 0 spiro atoms. The first-order valence-electron chi connectivity index (χ1n) is 7.82. The van der Waals surface area contributed by atoms with Crippen LogP contribution in [0, 0.1) is 22.7 Å². The predicted octanol–water partition coefficient (Wildman–Crippen LogP) is 2.45. The predicted molar refractivity (Wildman–Crippen MR) is 78.7 cm³/mol. The molecule has 1 aliphatic heterocycles. The van der Waals surface area contributed by atoms with Crippen LogP contribution in [0.25, 0.3) is 0 Å². The fourth-order valence-electron chi connectivity index (χ4n) is 5.03. The highest BCUT2D eigenvalue weighted by Crippen LogP contribution is 2.69. The molecule has 2 fully saturated rings. The first-order valence-corrected chi connectivity index (χ1v) is 7.82. The lowest BCUT2D eigenvalue weighted by Crippen LogP contribution is -2.58. The van der Waals surface area contributed by atoms with E-state index >= 15 is 0 Å². The highest BCUT2D eigenvalue weighted by molar-refractivity contribution is 5.90. The van der Waals surface area contributed by atoms with Crippen molar-refractivity contribution in [1.82, 2.24) is 0 Å². The number of ether oxygens (including phenoxy) is 3. The van der Waals surface area contributed by atoms with Gasteiger partial charge in [-0.25, -0.2) is 4.79 Å². The van der Waals surface area contributed by atoms with Crippen LogP contribution >= 0.6 is 0 Å². The molecule has 2 saturated carbocycles. The van der Waals surface area contributed by atoms with E-state index in [1.54, 1.807) is 0 Å². The molecule has 3 aliphatic rings. The number of fused-ring (bicyclic) bond motifs is 2. The van der Waals surface area contributed by atoms with Crippen LogP contribution in [-0.2, 0) is 23.8 Å². The molecule has 2 aliphatic carbocycles. The third kappa shape index (κ3) is 1.63. The minimum atomic E-state index is -1.12. The van der Waals surface area contributed by atoms with Crippen LogP contribution in [0.5, 0.6) is 0 Å². The van der Waals surface area contributed by atoms with Gasteiger partial charge in [-0.1, -0.05) is 20.8 Å². The molecule has 5 nitrogen and oxygen atoms in total. The van der Waals surface area contributed by atoms with Gasteiger partial charge in [-0.05, 0) is 29.6 Å². The molecule has 3 rings (SSSR count). The topological polar surface area (TPSA) is 61.8 Å². The normalized spacial score (nSPS) is 46.6. The minimum absolute atomic E-state index is 0.163. The van der Waals surface area contributed by atoms with Crippen LogP contribution in [0.15, 0.2) is 11.6 Å². The summed E-state index contributed by atoms with van der Waals surface area (Å²) in [7, 11) is 2.93. The van der Waals surface area contributed by atoms with Crippen molar-refractivity contribution in [1.29, 1.82) is 0 Å². The van der Waals surface area contributed by atoms with Crippen molar-refractivity contribution >= 4 is 11.9 Å².